The first-order chi connectivity index (χ1) is 16.9. The highest BCUT2D eigenvalue weighted by Crippen LogP contribution is 2.19. The lowest BCUT2D eigenvalue weighted by Crippen LogP contribution is -2.59. The Balaban J connectivity index is 2.11. The van der Waals surface area contributed by atoms with Crippen LogP contribution in [0.5, 0.6) is 0 Å². The zero-order valence-electron chi connectivity index (χ0n) is 19.4. The highest BCUT2D eigenvalue weighted by atomic mass is 16.4. The molecule has 14 heteroatoms. The van der Waals surface area contributed by atoms with Gasteiger partial charge in [-0.15, -0.1) is 0 Å². The van der Waals surface area contributed by atoms with Gasteiger partial charge in [0.1, 0.15) is 24.2 Å². The number of aliphatic hydroxyl groups is 2. The van der Waals surface area contributed by atoms with Gasteiger partial charge in [-0.2, -0.15) is 0 Å². The number of benzene rings is 1. The molecule has 196 valence electrons. The van der Waals surface area contributed by atoms with Gasteiger partial charge in [0.05, 0.1) is 19.1 Å². The Morgan fingerprint density at radius 2 is 1.56 bits per heavy atom. The van der Waals surface area contributed by atoms with E-state index in [4.69, 9.17) is 11.5 Å². The largest absolute Gasteiger partial charge is 0.480 e. The van der Waals surface area contributed by atoms with Gasteiger partial charge in [0.25, 0.3) is 0 Å². The van der Waals surface area contributed by atoms with E-state index in [-0.39, 0.29) is 6.42 Å². The molecule has 0 bridgehead atoms. The number of para-hydroxylation sites is 1. The summed E-state index contributed by atoms with van der Waals surface area (Å²) in [5.41, 5.74) is 12.0. The Hall–Kier alpha value is -4.01. The van der Waals surface area contributed by atoms with E-state index >= 15 is 0 Å². The van der Waals surface area contributed by atoms with Crippen molar-refractivity contribution in [2.45, 2.75) is 50.0 Å². The van der Waals surface area contributed by atoms with Crippen LogP contribution in [-0.4, -0.2) is 86.8 Å². The molecule has 5 unspecified atom stereocenters. The highest BCUT2D eigenvalue weighted by molar-refractivity contribution is 5.96. The number of hydrogen-bond donors (Lipinski definition) is 9. The average Bonchev–Trinajstić information content (AvgIpc) is 3.23. The summed E-state index contributed by atoms with van der Waals surface area (Å²) in [5, 5.41) is 36.0. The molecule has 1 aromatic heterocycles. The molecule has 0 aliphatic carbocycles. The zero-order chi connectivity index (χ0) is 27.0. The van der Waals surface area contributed by atoms with Crippen molar-refractivity contribution in [1.29, 1.82) is 0 Å². The molecule has 0 fully saturated rings. The summed E-state index contributed by atoms with van der Waals surface area (Å²) in [6, 6.07) is 1.19. The number of carboxylic acids is 1. The van der Waals surface area contributed by atoms with Crippen molar-refractivity contribution >= 4 is 40.5 Å². The van der Waals surface area contributed by atoms with E-state index < -0.39 is 72.9 Å². The summed E-state index contributed by atoms with van der Waals surface area (Å²) in [5.74, 6) is -5.33. The van der Waals surface area contributed by atoms with Gasteiger partial charge >= 0.3 is 5.97 Å². The van der Waals surface area contributed by atoms with Gasteiger partial charge in [-0.05, 0) is 18.6 Å². The number of carboxylic acid groups (broad SMARTS) is 1. The number of aliphatic hydroxyl groups excluding tert-OH is 2. The summed E-state index contributed by atoms with van der Waals surface area (Å²) >= 11 is 0. The van der Waals surface area contributed by atoms with Crippen LogP contribution < -0.4 is 27.4 Å². The molecule has 0 aliphatic rings. The van der Waals surface area contributed by atoms with E-state index in [1.54, 1.807) is 30.5 Å². The number of amides is 4. The van der Waals surface area contributed by atoms with E-state index in [9.17, 15) is 39.3 Å². The Bertz CT molecular complexity index is 1120. The first-order valence-corrected chi connectivity index (χ1v) is 11.0. The Morgan fingerprint density at radius 1 is 0.972 bits per heavy atom. The Morgan fingerprint density at radius 3 is 2.14 bits per heavy atom. The molecule has 11 N–H and O–H groups in total. The van der Waals surface area contributed by atoms with Crippen molar-refractivity contribution in [1.82, 2.24) is 20.9 Å². The highest BCUT2D eigenvalue weighted by Gasteiger charge is 2.31. The Kier molecular flexibility index (Phi) is 9.90. The molecule has 0 radical (unpaired) electrons. The van der Waals surface area contributed by atoms with Crippen LogP contribution in [0, 0.1) is 0 Å². The molecule has 0 saturated carbocycles. The van der Waals surface area contributed by atoms with Crippen LogP contribution in [0.4, 0.5) is 0 Å². The third-order valence-electron chi connectivity index (χ3n) is 5.39. The molecule has 0 aliphatic heterocycles. The van der Waals surface area contributed by atoms with Gasteiger partial charge in [0.2, 0.25) is 23.6 Å². The number of H-pyrrole nitrogens is 1. The standard InChI is InChI=1S/C22H30N6O8/c1-10(30)18(24)21(34)26-14(7-17(23)31)19(32)28-16(9-29)20(33)27-15(22(35)36)6-11-8-25-13-5-3-2-4-12(11)13/h2-5,8,10,14-16,18,25,29-30H,6-7,9,24H2,1H3,(H2,23,31)(H,26,34)(H,27,33)(H,28,32)(H,35,36). The van der Waals surface area contributed by atoms with Crippen molar-refractivity contribution in [3.63, 3.8) is 0 Å². The van der Waals surface area contributed by atoms with Gasteiger partial charge in [0, 0.05) is 23.5 Å². The maximum atomic E-state index is 12.7. The van der Waals surface area contributed by atoms with E-state index in [2.05, 4.69) is 20.9 Å². The number of carbonyl (C=O) groups is 5. The summed E-state index contributed by atoms with van der Waals surface area (Å²) < 4.78 is 0. The second kappa shape index (κ2) is 12.6. The van der Waals surface area contributed by atoms with E-state index in [0.717, 1.165) is 10.9 Å². The Labute approximate surface area is 205 Å². The van der Waals surface area contributed by atoms with Gasteiger partial charge in [-0.3, -0.25) is 19.2 Å². The third-order valence-corrected chi connectivity index (χ3v) is 5.39. The van der Waals surface area contributed by atoms with E-state index in [1.165, 1.54) is 6.92 Å². The SMILES string of the molecule is CC(O)C(N)C(=O)NC(CC(N)=O)C(=O)NC(CO)C(=O)NC(Cc1c[nH]c2ccccc12)C(=O)O. The van der Waals surface area contributed by atoms with Crippen molar-refractivity contribution in [2.24, 2.45) is 11.5 Å². The zero-order valence-corrected chi connectivity index (χ0v) is 19.4. The fraction of sp³-hybridized carbons (Fsp3) is 0.409. The van der Waals surface area contributed by atoms with Crippen LogP contribution in [0.25, 0.3) is 10.9 Å². The fourth-order valence-electron chi connectivity index (χ4n) is 3.36. The van der Waals surface area contributed by atoms with Crippen LogP contribution in [0.3, 0.4) is 0 Å². The van der Waals surface area contributed by atoms with E-state index in [1.807, 2.05) is 0 Å². The number of primary amides is 1. The minimum absolute atomic E-state index is 0.0885. The normalized spacial score (nSPS) is 15.2. The molecule has 5 atom stereocenters. The number of nitrogens with one attached hydrogen (secondary N) is 4. The quantitative estimate of drug-likeness (QED) is 0.133. The monoisotopic (exact) mass is 506 g/mol. The first kappa shape index (κ1) is 28.2. The molecule has 2 rings (SSSR count). The molecule has 36 heavy (non-hydrogen) atoms. The topological polar surface area (TPSA) is 250 Å². The number of aromatic amines is 1. The molecule has 4 amide bonds. The van der Waals surface area contributed by atoms with Gasteiger partial charge in [-0.25, -0.2) is 4.79 Å². The average molecular weight is 507 g/mol. The van der Waals surface area contributed by atoms with Gasteiger partial charge in [0.15, 0.2) is 0 Å². The first-order valence-electron chi connectivity index (χ1n) is 11.0. The molecule has 0 saturated heterocycles. The number of aromatic nitrogens is 1. The lowest BCUT2D eigenvalue weighted by Gasteiger charge is -2.24. The number of rotatable bonds is 13. The molecule has 2 aromatic rings. The van der Waals surface area contributed by atoms with Crippen LogP contribution in [0.1, 0.15) is 18.9 Å². The van der Waals surface area contributed by atoms with Crippen LogP contribution in [0.15, 0.2) is 30.5 Å². The number of hydrogen-bond acceptors (Lipinski definition) is 8. The van der Waals surface area contributed by atoms with Crippen LogP contribution in [0.2, 0.25) is 0 Å². The predicted octanol–water partition coefficient (Wildman–Crippen LogP) is -3.17. The maximum absolute atomic E-state index is 12.7. The van der Waals surface area contributed by atoms with Crippen molar-refractivity contribution < 1.29 is 39.3 Å². The van der Waals surface area contributed by atoms with Crippen LogP contribution in [-0.2, 0) is 30.4 Å². The number of carbonyl (C=O) groups excluding carboxylic acids is 4. The molecular formula is C22H30N6O8. The maximum Gasteiger partial charge on any atom is 0.326 e. The summed E-state index contributed by atoms with van der Waals surface area (Å²) in [6.07, 6.45) is -0.396. The minimum Gasteiger partial charge on any atom is -0.480 e. The minimum atomic E-state index is -1.61. The smallest absolute Gasteiger partial charge is 0.326 e. The summed E-state index contributed by atoms with van der Waals surface area (Å²) in [7, 11) is 0. The lowest BCUT2D eigenvalue weighted by atomic mass is 10.0. The van der Waals surface area contributed by atoms with E-state index in [0.29, 0.717) is 5.56 Å². The van der Waals surface area contributed by atoms with Gasteiger partial charge < -0.3 is 47.7 Å². The van der Waals surface area contributed by atoms with Crippen LogP contribution >= 0.6 is 0 Å². The molecule has 1 heterocycles. The lowest BCUT2D eigenvalue weighted by molar-refractivity contribution is -0.142. The second-order valence-electron chi connectivity index (χ2n) is 8.20. The fourth-order valence-corrected chi connectivity index (χ4v) is 3.36. The molecule has 0 spiro atoms. The van der Waals surface area contributed by atoms with Crippen molar-refractivity contribution in [2.75, 3.05) is 6.61 Å². The second-order valence-corrected chi connectivity index (χ2v) is 8.20. The number of fused-ring (bicyclic) bond motifs is 1. The molecular weight excluding hydrogens is 476 g/mol. The number of aliphatic carboxylic acids is 1. The number of nitrogens with two attached hydrogens (primary N) is 2. The summed E-state index contributed by atoms with van der Waals surface area (Å²) in [6.45, 7) is 0.329. The van der Waals surface area contributed by atoms with Crippen molar-refractivity contribution in [3.8, 4) is 0 Å². The van der Waals surface area contributed by atoms with Gasteiger partial charge in [-0.1, -0.05) is 18.2 Å². The third kappa shape index (κ3) is 7.49. The predicted molar refractivity (Wildman–Crippen MR) is 126 cm³/mol. The molecule has 14 nitrogen and oxygen atoms in total. The molecule has 1 aromatic carbocycles. The van der Waals surface area contributed by atoms with Crippen molar-refractivity contribution in [3.05, 3.63) is 36.0 Å². The summed E-state index contributed by atoms with van der Waals surface area (Å²) in [4.78, 5) is 63.6.